The minimum atomic E-state index is 0. The molecule has 5 heteroatoms. The summed E-state index contributed by atoms with van der Waals surface area (Å²) < 4.78 is 5.02. The van der Waals surface area contributed by atoms with Crippen LogP contribution in [0.2, 0.25) is 0 Å². The van der Waals surface area contributed by atoms with Gasteiger partial charge in [0.25, 0.3) is 0 Å². The van der Waals surface area contributed by atoms with Crippen LogP contribution in [0.25, 0.3) is 0 Å². The molecule has 0 saturated carbocycles. The van der Waals surface area contributed by atoms with Crippen molar-refractivity contribution >= 4 is 29.9 Å². The molecule has 2 N–H and O–H groups in total. The summed E-state index contributed by atoms with van der Waals surface area (Å²) in [5, 5.41) is 6.65. The van der Waals surface area contributed by atoms with Crippen LogP contribution in [0.15, 0.2) is 4.99 Å². The molecule has 0 rings (SSSR count). The summed E-state index contributed by atoms with van der Waals surface area (Å²) in [4.78, 5) is 4.51. The lowest BCUT2D eigenvalue weighted by Gasteiger charge is -2.18. The van der Waals surface area contributed by atoms with Crippen LogP contribution in [0.1, 0.15) is 53.4 Å². The number of unbranched alkanes of at least 4 members (excludes halogenated alkanes) is 1. The third-order valence-corrected chi connectivity index (χ3v) is 2.77. The maximum absolute atomic E-state index is 5.02. The molecule has 0 radical (unpaired) electrons. The van der Waals surface area contributed by atoms with E-state index in [1.807, 2.05) is 0 Å². The van der Waals surface area contributed by atoms with Crippen LogP contribution in [0.5, 0.6) is 0 Å². The van der Waals surface area contributed by atoms with Crippen LogP contribution in [0.4, 0.5) is 0 Å². The Labute approximate surface area is 142 Å². The monoisotopic (exact) mass is 399 g/mol. The number of aliphatic imine (C=N–C) groups is 1. The number of nitrogens with zero attached hydrogens (tertiary/aromatic N) is 1. The number of ether oxygens (including phenoxy) is 1. The number of halogens is 1. The van der Waals surface area contributed by atoms with Gasteiger partial charge in [-0.25, -0.2) is 0 Å². The largest absolute Gasteiger partial charge is 0.385 e. The SMILES string of the molecule is CCNC(=NCCCOC)NCCCCC(C)(C)C.I. The molecule has 0 aliphatic carbocycles. The molecule has 0 aliphatic rings. The fourth-order valence-electron chi connectivity index (χ4n) is 1.73. The van der Waals surface area contributed by atoms with Crippen molar-refractivity contribution in [2.45, 2.75) is 53.4 Å². The van der Waals surface area contributed by atoms with E-state index in [0.29, 0.717) is 5.41 Å². The minimum absolute atomic E-state index is 0. The van der Waals surface area contributed by atoms with E-state index in [0.717, 1.165) is 38.6 Å². The molecule has 122 valence electrons. The summed E-state index contributed by atoms with van der Waals surface area (Å²) in [5.41, 5.74) is 0.443. The normalized spacial score (nSPS) is 11.9. The van der Waals surface area contributed by atoms with Gasteiger partial charge in [-0.3, -0.25) is 4.99 Å². The molecule has 20 heavy (non-hydrogen) atoms. The van der Waals surface area contributed by atoms with E-state index in [1.54, 1.807) is 7.11 Å². The quantitative estimate of drug-likeness (QED) is 0.270. The highest BCUT2D eigenvalue weighted by atomic mass is 127. The molecule has 0 amide bonds. The Balaban J connectivity index is 0. The molecule has 0 heterocycles. The maximum atomic E-state index is 5.02. The third-order valence-electron chi connectivity index (χ3n) is 2.77. The third kappa shape index (κ3) is 16.0. The topological polar surface area (TPSA) is 45.7 Å². The lowest BCUT2D eigenvalue weighted by molar-refractivity contribution is 0.197. The van der Waals surface area contributed by atoms with Crippen molar-refractivity contribution in [2.75, 3.05) is 33.4 Å². The zero-order chi connectivity index (χ0) is 14.6. The second kappa shape index (κ2) is 13.9. The van der Waals surface area contributed by atoms with Crippen LogP contribution >= 0.6 is 24.0 Å². The van der Waals surface area contributed by atoms with Crippen LogP contribution in [-0.4, -0.2) is 39.3 Å². The average Bonchev–Trinajstić information content (AvgIpc) is 2.32. The highest BCUT2D eigenvalue weighted by Crippen LogP contribution is 2.21. The van der Waals surface area contributed by atoms with Crippen LogP contribution < -0.4 is 10.6 Å². The molecule has 0 saturated heterocycles. The van der Waals surface area contributed by atoms with E-state index in [2.05, 4.69) is 43.3 Å². The Morgan fingerprint density at radius 3 is 2.35 bits per heavy atom. The molecule has 0 aromatic carbocycles. The molecule has 0 unspecified atom stereocenters. The molecule has 0 atom stereocenters. The van der Waals surface area contributed by atoms with E-state index in [9.17, 15) is 0 Å². The number of rotatable bonds is 9. The molecule has 4 nitrogen and oxygen atoms in total. The molecule has 0 aliphatic heterocycles. The van der Waals surface area contributed by atoms with E-state index in [4.69, 9.17) is 4.74 Å². The van der Waals surface area contributed by atoms with Gasteiger partial charge < -0.3 is 15.4 Å². The summed E-state index contributed by atoms with van der Waals surface area (Å²) in [6, 6.07) is 0. The van der Waals surface area contributed by atoms with Gasteiger partial charge in [0, 0.05) is 33.4 Å². The molecule has 0 fully saturated rings. The van der Waals surface area contributed by atoms with E-state index in [1.165, 1.54) is 19.3 Å². The fourth-order valence-corrected chi connectivity index (χ4v) is 1.73. The molecule has 0 aromatic heterocycles. The van der Waals surface area contributed by atoms with Crippen molar-refractivity contribution < 1.29 is 4.74 Å². The van der Waals surface area contributed by atoms with Crippen LogP contribution in [-0.2, 0) is 4.74 Å². The van der Waals surface area contributed by atoms with Gasteiger partial charge in [-0.1, -0.05) is 27.2 Å². The smallest absolute Gasteiger partial charge is 0.191 e. The van der Waals surface area contributed by atoms with Gasteiger partial charge in [0.2, 0.25) is 0 Å². The predicted octanol–water partition coefficient (Wildman–Crippen LogP) is 3.41. The molecule has 0 aromatic rings. The number of nitrogens with one attached hydrogen (secondary N) is 2. The predicted molar refractivity (Wildman–Crippen MR) is 99.2 cm³/mol. The second-order valence-electron chi connectivity index (χ2n) is 6.05. The molecular formula is C15H34IN3O. The van der Waals surface area contributed by atoms with Crippen molar-refractivity contribution in [1.29, 1.82) is 0 Å². The maximum Gasteiger partial charge on any atom is 0.191 e. The first kappa shape index (κ1) is 22.2. The zero-order valence-corrected chi connectivity index (χ0v) is 16.3. The summed E-state index contributed by atoms with van der Waals surface area (Å²) in [6.07, 6.45) is 4.70. The second-order valence-corrected chi connectivity index (χ2v) is 6.05. The van der Waals surface area contributed by atoms with E-state index >= 15 is 0 Å². The van der Waals surface area contributed by atoms with Gasteiger partial charge in [-0.2, -0.15) is 0 Å². The number of guanidine groups is 1. The minimum Gasteiger partial charge on any atom is -0.385 e. The standard InChI is InChI=1S/C15H33N3O.HI/c1-6-16-14(18-12-9-13-19-5)17-11-8-7-10-15(2,3)4;/h6-13H2,1-5H3,(H2,16,17,18);1H. The molecule has 0 spiro atoms. The van der Waals surface area contributed by atoms with Crippen LogP contribution in [0, 0.1) is 5.41 Å². The number of methoxy groups -OCH3 is 1. The lowest BCUT2D eigenvalue weighted by Crippen LogP contribution is -2.38. The first-order chi connectivity index (χ1) is 8.99. The summed E-state index contributed by atoms with van der Waals surface area (Å²) in [7, 11) is 1.72. The zero-order valence-electron chi connectivity index (χ0n) is 13.9. The van der Waals surface area contributed by atoms with Crippen molar-refractivity contribution in [3.05, 3.63) is 0 Å². The van der Waals surface area contributed by atoms with Crippen molar-refractivity contribution in [3.63, 3.8) is 0 Å². The van der Waals surface area contributed by atoms with Crippen LogP contribution in [0.3, 0.4) is 0 Å². The Morgan fingerprint density at radius 2 is 1.80 bits per heavy atom. The highest BCUT2D eigenvalue weighted by molar-refractivity contribution is 14.0. The molecular weight excluding hydrogens is 365 g/mol. The van der Waals surface area contributed by atoms with Crippen molar-refractivity contribution in [2.24, 2.45) is 10.4 Å². The average molecular weight is 399 g/mol. The Hall–Kier alpha value is -0.0400. The lowest BCUT2D eigenvalue weighted by atomic mass is 9.90. The Bertz CT molecular complexity index is 240. The van der Waals surface area contributed by atoms with Gasteiger partial charge in [0.1, 0.15) is 0 Å². The van der Waals surface area contributed by atoms with Gasteiger partial charge in [0.15, 0.2) is 5.96 Å². The summed E-state index contributed by atoms with van der Waals surface area (Å²) in [6.45, 7) is 12.4. The number of hydrogen-bond acceptors (Lipinski definition) is 2. The van der Waals surface area contributed by atoms with Crippen molar-refractivity contribution in [1.82, 2.24) is 10.6 Å². The Morgan fingerprint density at radius 1 is 1.10 bits per heavy atom. The van der Waals surface area contributed by atoms with Gasteiger partial charge in [-0.05, 0) is 31.6 Å². The summed E-state index contributed by atoms with van der Waals surface area (Å²) >= 11 is 0. The van der Waals surface area contributed by atoms with Gasteiger partial charge in [-0.15, -0.1) is 24.0 Å². The fraction of sp³-hybridized carbons (Fsp3) is 0.933. The highest BCUT2D eigenvalue weighted by Gasteiger charge is 2.08. The van der Waals surface area contributed by atoms with Crippen molar-refractivity contribution in [3.8, 4) is 0 Å². The first-order valence-electron chi connectivity index (χ1n) is 7.50. The summed E-state index contributed by atoms with van der Waals surface area (Å²) in [5.74, 6) is 0.925. The number of hydrogen-bond donors (Lipinski definition) is 2. The molecule has 0 bridgehead atoms. The Kier molecular flexibility index (Phi) is 15.5. The first-order valence-corrected chi connectivity index (χ1v) is 7.50. The van der Waals surface area contributed by atoms with Gasteiger partial charge in [0.05, 0.1) is 0 Å². The van der Waals surface area contributed by atoms with E-state index in [-0.39, 0.29) is 24.0 Å². The van der Waals surface area contributed by atoms with E-state index < -0.39 is 0 Å². The van der Waals surface area contributed by atoms with Gasteiger partial charge >= 0.3 is 0 Å².